The number of rotatable bonds is 12. The van der Waals surface area contributed by atoms with Crippen molar-refractivity contribution in [1.82, 2.24) is 0 Å². The third kappa shape index (κ3) is 9.41. The summed E-state index contributed by atoms with van der Waals surface area (Å²) < 4.78 is 12.9. The molecule has 0 aliphatic rings. The molecule has 4 aromatic carbocycles. The van der Waals surface area contributed by atoms with E-state index in [2.05, 4.69) is 55.8 Å². The van der Waals surface area contributed by atoms with E-state index < -0.39 is 23.8 Å². The second kappa shape index (κ2) is 14.8. The van der Waals surface area contributed by atoms with Crippen molar-refractivity contribution in [3.8, 4) is 11.5 Å². The highest BCUT2D eigenvalue weighted by molar-refractivity contribution is 14.1. The van der Waals surface area contributed by atoms with Gasteiger partial charge >= 0.3 is 11.9 Å². The predicted molar refractivity (Wildman–Crippen MR) is 176 cm³/mol. The third-order valence-electron chi connectivity index (χ3n) is 5.95. The number of carbonyl (C=O) groups is 4. The maximum absolute atomic E-state index is 12.4. The van der Waals surface area contributed by atoms with Gasteiger partial charge in [-0.3, -0.25) is 9.59 Å². The Morgan fingerprint density at radius 1 is 0.581 bits per heavy atom. The molecule has 4 N–H and O–H groups in total. The molecule has 220 valence electrons. The lowest BCUT2D eigenvalue weighted by atomic mass is 9.99. The van der Waals surface area contributed by atoms with Crippen LogP contribution in [0.25, 0.3) is 0 Å². The number of ether oxygens (including phenoxy) is 2. The first-order chi connectivity index (χ1) is 20.6. The fourth-order valence-electron chi connectivity index (χ4n) is 3.94. The molecule has 0 atom stereocenters. The van der Waals surface area contributed by atoms with Gasteiger partial charge in [0.15, 0.2) is 13.2 Å². The van der Waals surface area contributed by atoms with Crippen molar-refractivity contribution in [3.05, 3.63) is 114 Å². The second-order valence-corrected chi connectivity index (χ2v) is 11.6. The number of halogens is 2. The van der Waals surface area contributed by atoms with Gasteiger partial charge < -0.3 is 30.3 Å². The van der Waals surface area contributed by atoms with Crippen LogP contribution in [0.3, 0.4) is 0 Å². The van der Waals surface area contributed by atoms with E-state index in [4.69, 9.17) is 9.47 Å². The minimum Gasteiger partial charge on any atom is -0.484 e. The molecule has 0 aliphatic carbocycles. The van der Waals surface area contributed by atoms with E-state index >= 15 is 0 Å². The lowest BCUT2D eigenvalue weighted by molar-refractivity contribution is -0.118. The Hall–Kier alpha value is -4.18. The van der Waals surface area contributed by atoms with Gasteiger partial charge in [-0.15, -0.1) is 0 Å². The number of carboxylic acid groups (broad SMARTS) is 2. The van der Waals surface area contributed by atoms with E-state index in [9.17, 15) is 29.4 Å². The Balaban J connectivity index is 1.41. The summed E-state index contributed by atoms with van der Waals surface area (Å²) in [5.41, 5.74) is 1.09. The monoisotopic (exact) mass is 806 g/mol. The van der Waals surface area contributed by atoms with Gasteiger partial charge in [0.1, 0.15) is 11.5 Å². The summed E-state index contributed by atoms with van der Waals surface area (Å²) in [4.78, 5) is 48.7. The zero-order chi connectivity index (χ0) is 30.9. The van der Waals surface area contributed by atoms with Crippen LogP contribution >= 0.6 is 45.2 Å². The largest absolute Gasteiger partial charge is 0.484 e. The number of carbonyl (C=O) groups excluding carboxylic acids is 2. The van der Waals surface area contributed by atoms with Crippen molar-refractivity contribution < 1.29 is 38.9 Å². The fourth-order valence-corrected chi connectivity index (χ4v) is 4.66. The Kier molecular flexibility index (Phi) is 10.9. The van der Waals surface area contributed by atoms with Crippen molar-refractivity contribution >= 4 is 80.3 Å². The first-order valence-corrected chi connectivity index (χ1v) is 14.8. The standard InChI is InChI=1S/C31H24I2N2O8/c32-20-3-7-22(8-4-20)42-16-28(36)34-26-11-1-18(14-24(26)30(38)39)13-19-2-12-27(25(15-19)31(40)41)35-29(37)17-43-23-9-5-21(33)6-10-23/h1-12,14-15H,13,16-17H2,(H,34,36)(H,35,37)(H,38,39)(H,40,41). The quantitative estimate of drug-likeness (QED) is 0.129. The number of carboxylic acids is 2. The molecule has 12 heteroatoms. The lowest BCUT2D eigenvalue weighted by Crippen LogP contribution is -2.22. The van der Waals surface area contributed by atoms with Crippen LogP contribution in [-0.4, -0.2) is 47.2 Å². The molecule has 0 unspecified atom stereocenters. The molecule has 43 heavy (non-hydrogen) atoms. The minimum absolute atomic E-state index is 0.101. The van der Waals surface area contributed by atoms with Gasteiger partial charge in [-0.05, 0) is 136 Å². The van der Waals surface area contributed by atoms with Crippen LogP contribution in [0.1, 0.15) is 31.8 Å². The van der Waals surface area contributed by atoms with Crippen molar-refractivity contribution in [2.75, 3.05) is 23.8 Å². The van der Waals surface area contributed by atoms with E-state index in [1.807, 2.05) is 24.3 Å². The summed E-state index contributed by atoms with van der Waals surface area (Å²) in [7, 11) is 0. The summed E-state index contributed by atoms with van der Waals surface area (Å²) in [6.45, 7) is -0.611. The maximum atomic E-state index is 12.4. The summed E-state index contributed by atoms with van der Waals surface area (Å²) in [6, 6.07) is 23.3. The van der Waals surface area contributed by atoms with Crippen LogP contribution in [0, 0.1) is 7.14 Å². The molecule has 10 nitrogen and oxygen atoms in total. The molecule has 2 amide bonds. The van der Waals surface area contributed by atoms with Crippen molar-refractivity contribution in [1.29, 1.82) is 0 Å². The number of benzene rings is 4. The Bertz CT molecular complexity index is 1530. The Morgan fingerprint density at radius 2 is 0.953 bits per heavy atom. The van der Waals surface area contributed by atoms with Gasteiger partial charge in [0.2, 0.25) is 0 Å². The molecule has 0 saturated heterocycles. The van der Waals surface area contributed by atoms with Crippen LogP contribution in [0.2, 0.25) is 0 Å². The zero-order valence-corrected chi connectivity index (χ0v) is 26.6. The molecule has 0 radical (unpaired) electrons. The van der Waals surface area contributed by atoms with Crippen molar-refractivity contribution in [2.24, 2.45) is 0 Å². The average molecular weight is 806 g/mol. The molecular formula is C31H24I2N2O8. The Labute approximate surface area is 273 Å². The molecule has 0 bridgehead atoms. The second-order valence-electron chi connectivity index (χ2n) is 9.13. The number of anilines is 2. The van der Waals surface area contributed by atoms with Gasteiger partial charge in [0.05, 0.1) is 22.5 Å². The van der Waals surface area contributed by atoms with Crippen LogP contribution in [0.5, 0.6) is 11.5 Å². The van der Waals surface area contributed by atoms with Crippen LogP contribution in [0.4, 0.5) is 11.4 Å². The maximum Gasteiger partial charge on any atom is 0.337 e. The predicted octanol–water partition coefficient (Wildman–Crippen LogP) is 5.92. The summed E-state index contributed by atoms with van der Waals surface area (Å²) >= 11 is 4.30. The van der Waals surface area contributed by atoms with E-state index in [1.165, 1.54) is 24.3 Å². The molecule has 0 fully saturated rings. The number of hydrogen-bond acceptors (Lipinski definition) is 6. The highest BCUT2D eigenvalue weighted by atomic mass is 127. The molecule has 0 heterocycles. The van der Waals surface area contributed by atoms with Crippen LogP contribution < -0.4 is 20.1 Å². The first kappa shape index (κ1) is 31.7. The van der Waals surface area contributed by atoms with E-state index in [0.717, 1.165) is 7.14 Å². The summed E-state index contributed by atoms with van der Waals surface area (Å²) in [6.07, 6.45) is 0.203. The average Bonchev–Trinajstić information content (AvgIpc) is 2.98. The molecule has 0 saturated carbocycles. The molecule has 4 rings (SSSR count). The summed E-state index contributed by atoms with van der Waals surface area (Å²) in [5, 5.41) is 24.6. The van der Waals surface area contributed by atoms with Gasteiger partial charge in [-0.25, -0.2) is 9.59 Å². The van der Waals surface area contributed by atoms with Crippen LogP contribution in [0.15, 0.2) is 84.9 Å². The number of nitrogens with one attached hydrogen (secondary N) is 2. The van der Waals surface area contributed by atoms with E-state index in [-0.39, 0.29) is 42.1 Å². The highest BCUT2D eigenvalue weighted by Crippen LogP contribution is 2.24. The molecule has 0 aliphatic heterocycles. The minimum atomic E-state index is -1.24. The zero-order valence-electron chi connectivity index (χ0n) is 22.3. The molecule has 0 spiro atoms. The van der Waals surface area contributed by atoms with Gasteiger partial charge in [-0.1, -0.05) is 12.1 Å². The number of hydrogen-bond donors (Lipinski definition) is 4. The van der Waals surface area contributed by atoms with Gasteiger partial charge in [-0.2, -0.15) is 0 Å². The van der Waals surface area contributed by atoms with Gasteiger partial charge in [0, 0.05) is 7.14 Å². The first-order valence-electron chi connectivity index (χ1n) is 12.7. The summed E-state index contributed by atoms with van der Waals surface area (Å²) in [5.74, 6) is -2.53. The topological polar surface area (TPSA) is 151 Å². The van der Waals surface area contributed by atoms with Gasteiger partial charge in [0.25, 0.3) is 11.8 Å². The molecular weight excluding hydrogens is 782 g/mol. The lowest BCUT2D eigenvalue weighted by Gasteiger charge is -2.13. The fraction of sp³-hybridized carbons (Fsp3) is 0.0968. The van der Waals surface area contributed by atoms with E-state index in [1.54, 1.807) is 36.4 Å². The van der Waals surface area contributed by atoms with Crippen molar-refractivity contribution in [2.45, 2.75) is 6.42 Å². The van der Waals surface area contributed by atoms with Crippen LogP contribution in [-0.2, 0) is 16.0 Å². The SMILES string of the molecule is O=C(COc1ccc(I)cc1)Nc1ccc(Cc2ccc(NC(=O)COc3ccc(I)cc3)c(C(=O)O)c2)cc1C(=O)O. The third-order valence-corrected chi connectivity index (χ3v) is 7.39. The highest BCUT2D eigenvalue weighted by Gasteiger charge is 2.17. The number of aromatic carboxylic acids is 2. The number of amides is 2. The van der Waals surface area contributed by atoms with E-state index in [0.29, 0.717) is 22.6 Å². The molecule has 4 aromatic rings. The smallest absolute Gasteiger partial charge is 0.337 e. The molecule has 0 aromatic heterocycles. The normalized spacial score (nSPS) is 10.5. The van der Waals surface area contributed by atoms with Crippen molar-refractivity contribution in [3.63, 3.8) is 0 Å². The Morgan fingerprint density at radius 3 is 1.30 bits per heavy atom.